The lowest BCUT2D eigenvalue weighted by molar-refractivity contribution is -0.116. The molecule has 1 N–H and O–H groups in total. The number of piperidine rings is 1. The van der Waals surface area contributed by atoms with Gasteiger partial charge in [-0.15, -0.1) is 0 Å². The van der Waals surface area contributed by atoms with Crippen molar-refractivity contribution in [1.82, 2.24) is 4.90 Å². The molecule has 0 spiro atoms. The summed E-state index contributed by atoms with van der Waals surface area (Å²) >= 11 is 0. The predicted octanol–water partition coefficient (Wildman–Crippen LogP) is 4.08. The molecule has 0 radical (unpaired) electrons. The Morgan fingerprint density at radius 1 is 1.23 bits per heavy atom. The maximum Gasteiger partial charge on any atom is 0.224 e. The van der Waals surface area contributed by atoms with Crippen molar-refractivity contribution in [3.63, 3.8) is 0 Å². The van der Waals surface area contributed by atoms with E-state index in [0.717, 1.165) is 31.7 Å². The second-order valence-corrected chi connectivity index (χ2v) is 6.48. The molecule has 0 saturated carbocycles. The highest BCUT2D eigenvalue weighted by molar-refractivity contribution is 5.90. The molecular formula is C19H28N2O. The third-order valence-electron chi connectivity index (χ3n) is 4.30. The predicted molar refractivity (Wildman–Crippen MR) is 92.9 cm³/mol. The number of hydrogen-bond acceptors (Lipinski definition) is 2. The van der Waals surface area contributed by atoms with Crippen LogP contribution < -0.4 is 5.32 Å². The Morgan fingerprint density at radius 2 is 1.91 bits per heavy atom. The molecule has 22 heavy (non-hydrogen) atoms. The van der Waals surface area contributed by atoms with Crippen molar-refractivity contribution < 1.29 is 4.79 Å². The number of benzene rings is 1. The van der Waals surface area contributed by atoms with Crippen molar-refractivity contribution >= 4 is 11.6 Å². The highest BCUT2D eigenvalue weighted by Gasteiger charge is 2.19. The van der Waals surface area contributed by atoms with Gasteiger partial charge < -0.3 is 5.32 Å². The summed E-state index contributed by atoms with van der Waals surface area (Å²) in [4.78, 5) is 14.5. The van der Waals surface area contributed by atoms with Gasteiger partial charge in [0.1, 0.15) is 0 Å². The number of amides is 1. The number of hydrogen-bond donors (Lipinski definition) is 1. The van der Waals surface area contributed by atoms with E-state index in [-0.39, 0.29) is 5.91 Å². The summed E-state index contributed by atoms with van der Waals surface area (Å²) in [7, 11) is 0. The lowest BCUT2D eigenvalue weighted by atomic mass is 9.92. The van der Waals surface area contributed by atoms with Crippen LogP contribution in [0.15, 0.2) is 42.0 Å². The van der Waals surface area contributed by atoms with E-state index in [4.69, 9.17) is 0 Å². The summed E-state index contributed by atoms with van der Waals surface area (Å²) in [5.74, 6) is 0.836. The van der Waals surface area contributed by atoms with Crippen LogP contribution in [0.2, 0.25) is 0 Å². The van der Waals surface area contributed by atoms with Crippen LogP contribution in [0.3, 0.4) is 0 Å². The smallest absolute Gasteiger partial charge is 0.224 e. The third-order valence-corrected chi connectivity index (χ3v) is 4.30. The number of carbonyl (C=O) groups excluding carboxylic acids is 1. The molecule has 1 aliphatic heterocycles. The Labute approximate surface area is 134 Å². The summed E-state index contributed by atoms with van der Waals surface area (Å²) in [6, 6.07) is 9.70. The molecule has 0 aromatic heterocycles. The zero-order valence-electron chi connectivity index (χ0n) is 13.8. The van der Waals surface area contributed by atoms with E-state index in [9.17, 15) is 4.79 Å². The largest absolute Gasteiger partial charge is 0.326 e. The molecule has 120 valence electrons. The number of rotatable bonds is 6. The van der Waals surface area contributed by atoms with Crippen LogP contribution in [0.4, 0.5) is 5.69 Å². The van der Waals surface area contributed by atoms with E-state index < -0.39 is 0 Å². The molecule has 3 nitrogen and oxygen atoms in total. The fraction of sp³-hybridized carbons (Fsp3) is 0.526. The van der Waals surface area contributed by atoms with Gasteiger partial charge in [-0.25, -0.2) is 0 Å². The van der Waals surface area contributed by atoms with Crippen molar-refractivity contribution in [2.75, 3.05) is 25.0 Å². The molecule has 1 aromatic rings. The van der Waals surface area contributed by atoms with Crippen molar-refractivity contribution in [3.8, 4) is 0 Å². The van der Waals surface area contributed by atoms with Crippen LogP contribution in [0.5, 0.6) is 0 Å². The Balaban J connectivity index is 1.64. The van der Waals surface area contributed by atoms with Crippen LogP contribution in [-0.2, 0) is 4.79 Å². The SMILES string of the molecule is CC(C)=CCN1CCC(CCC(=O)Nc2ccccc2)CC1. The molecule has 0 unspecified atom stereocenters. The zero-order chi connectivity index (χ0) is 15.8. The van der Waals surface area contributed by atoms with Gasteiger partial charge in [0.05, 0.1) is 0 Å². The van der Waals surface area contributed by atoms with Gasteiger partial charge in [-0.2, -0.15) is 0 Å². The monoisotopic (exact) mass is 300 g/mol. The molecule has 1 aromatic carbocycles. The van der Waals surface area contributed by atoms with Gasteiger partial charge in [-0.1, -0.05) is 29.8 Å². The summed E-state index contributed by atoms with van der Waals surface area (Å²) in [6.07, 6.45) is 6.38. The Kier molecular flexibility index (Phi) is 6.66. The lowest BCUT2D eigenvalue weighted by Crippen LogP contribution is -2.34. The van der Waals surface area contributed by atoms with E-state index in [2.05, 4.69) is 30.1 Å². The fourth-order valence-electron chi connectivity index (χ4n) is 2.85. The van der Waals surface area contributed by atoms with Crippen LogP contribution in [0.25, 0.3) is 0 Å². The average Bonchev–Trinajstić information content (AvgIpc) is 2.53. The topological polar surface area (TPSA) is 32.3 Å². The Hall–Kier alpha value is -1.61. The number of anilines is 1. The van der Waals surface area contributed by atoms with Crippen LogP contribution in [0.1, 0.15) is 39.5 Å². The maximum absolute atomic E-state index is 12.0. The molecule has 1 saturated heterocycles. The summed E-state index contributed by atoms with van der Waals surface area (Å²) in [5, 5.41) is 2.97. The highest BCUT2D eigenvalue weighted by Crippen LogP contribution is 2.22. The van der Waals surface area contributed by atoms with Gasteiger partial charge in [-0.3, -0.25) is 9.69 Å². The molecule has 0 bridgehead atoms. The normalized spacial score (nSPS) is 16.3. The molecule has 1 heterocycles. The van der Waals surface area contributed by atoms with Crippen LogP contribution >= 0.6 is 0 Å². The molecule has 1 aliphatic rings. The molecule has 0 atom stereocenters. The first-order chi connectivity index (χ1) is 10.6. The van der Waals surface area contributed by atoms with Crippen molar-refractivity contribution in [3.05, 3.63) is 42.0 Å². The summed E-state index contributed by atoms with van der Waals surface area (Å²) in [6.45, 7) is 7.70. The number of carbonyl (C=O) groups is 1. The minimum Gasteiger partial charge on any atom is -0.326 e. The first-order valence-electron chi connectivity index (χ1n) is 8.34. The number of nitrogens with zero attached hydrogens (tertiary/aromatic N) is 1. The molecule has 1 fully saturated rings. The second-order valence-electron chi connectivity index (χ2n) is 6.48. The minimum absolute atomic E-state index is 0.137. The zero-order valence-corrected chi connectivity index (χ0v) is 13.8. The van der Waals surface area contributed by atoms with Crippen molar-refractivity contribution in [1.29, 1.82) is 0 Å². The minimum atomic E-state index is 0.137. The van der Waals surface area contributed by atoms with E-state index in [1.165, 1.54) is 18.4 Å². The van der Waals surface area contributed by atoms with Crippen LogP contribution in [0, 0.1) is 5.92 Å². The molecule has 2 rings (SSSR count). The van der Waals surface area contributed by atoms with E-state index in [1.54, 1.807) is 0 Å². The summed E-state index contributed by atoms with van der Waals surface area (Å²) < 4.78 is 0. The molecule has 3 heteroatoms. The number of likely N-dealkylation sites (tertiary alicyclic amines) is 1. The van der Waals surface area contributed by atoms with Gasteiger partial charge >= 0.3 is 0 Å². The fourth-order valence-corrected chi connectivity index (χ4v) is 2.85. The van der Waals surface area contributed by atoms with Gasteiger partial charge in [0.25, 0.3) is 0 Å². The summed E-state index contributed by atoms with van der Waals surface area (Å²) in [5.41, 5.74) is 2.28. The lowest BCUT2D eigenvalue weighted by Gasteiger charge is -2.31. The second kappa shape index (κ2) is 8.74. The number of nitrogens with one attached hydrogen (secondary N) is 1. The molecular weight excluding hydrogens is 272 g/mol. The van der Waals surface area contributed by atoms with E-state index in [0.29, 0.717) is 12.3 Å². The first kappa shape index (κ1) is 16.8. The maximum atomic E-state index is 12.0. The van der Waals surface area contributed by atoms with E-state index >= 15 is 0 Å². The van der Waals surface area contributed by atoms with E-state index in [1.807, 2.05) is 30.3 Å². The Morgan fingerprint density at radius 3 is 2.55 bits per heavy atom. The van der Waals surface area contributed by atoms with Gasteiger partial charge in [0.2, 0.25) is 5.91 Å². The molecule has 0 aliphatic carbocycles. The van der Waals surface area contributed by atoms with Crippen LogP contribution in [-0.4, -0.2) is 30.4 Å². The highest BCUT2D eigenvalue weighted by atomic mass is 16.1. The van der Waals surface area contributed by atoms with Gasteiger partial charge in [0, 0.05) is 18.7 Å². The standard InChI is InChI=1S/C19H28N2O/c1-16(2)10-13-21-14-11-17(12-15-21)8-9-19(22)20-18-6-4-3-5-7-18/h3-7,10,17H,8-9,11-15H2,1-2H3,(H,20,22). The number of para-hydroxylation sites is 1. The average molecular weight is 300 g/mol. The van der Waals surface area contributed by atoms with Gasteiger partial charge in [0.15, 0.2) is 0 Å². The molecule has 1 amide bonds. The van der Waals surface area contributed by atoms with Crippen molar-refractivity contribution in [2.24, 2.45) is 5.92 Å². The van der Waals surface area contributed by atoms with Crippen molar-refractivity contribution in [2.45, 2.75) is 39.5 Å². The first-order valence-corrected chi connectivity index (χ1v) is 8.34. The quantitative estimate of drug-likeness (QED) is 0.803. The third kappa shape index (κ3) is 6.02. The van der Waals surface area contributed by atoms with Gasteiger partial charge in [-0.05, 0) is 64.3 Å². The Bertz CT molecular complexity index is 483. The number of allylic oxidation sites excluding steroid dienone is 1.